The summed E-state index contributed by atoms with van der Waals surface area (Å²) in [4.78, 5) is 0. The lowest BCUT2D eigenvalue weighted by molar-refractivity contribution is -0.936. The molecule has 0 bridgehead atoms. The lowest BCUT2D eigenvalue weighted by Crippen LogP contribution is -2.52. The van der Waals surface area contributed by atoms with Gasteiger partial charge < -0.3 is 19.1 Å². The van der Waals surface area contributed by atoms with Crippen LogP contribution in [-0.2, 0) is 12.8 Å². The molecule has 0 unspecified atom stereocenters. The third-order valence-corrected chi connectivity index (χ3v) is 5.56. The van der Waals surface area contributed by atoms with Gasteiger partial charge in [-0.2, -0.15) is 0 Å². The Balaban J connectivity index is 2.00. The molecule has 2 aromatic carbocycles. The zero-order valence-electron chi connectivity index (χ0n) is 15.8. The molecule has 4 heteroatoms. The van der Waals surface area contributed by atoms with Crippen LogP contribution < -0.4 is 14.6 Å². The molecule has 138 valence electrons. The minimum atomic E-state index is -0.0614. The maximum absolute atomic E-state index is 12.2. The van der Waals surface area contributed by atoms with E-state index in [4.69, 9.17) is 9.47 Å². The monoisotopic (exact) mass is 353 g/mol. The van der Waals surface area contributed by atoms with E-state index in [1.165, 1.54) is 18.2 Å². The lowest BCUT2D eigenvalue weighted by Gasteiger charge is -2.45. The molecule has 0 spiro atoms. The number of ether oxygens (including phenoxy) is 2. The highest BCUT2D eigenvalue weighted by molar-refractivity contribution is 5.43. The van der Waals surface area contributed by atoms with Crippen molar-refractivity contribution in [2.75, 3.05) is 34.4 Å². The average molecular weight is 353 g/mol. The molecule has 4 nitrogen and oxygen atoms in total. The standard InChI is InChI=1S/C22H27NO3/c1-5-11-23(2)12-10-17-15-18(25-3)7-8-19(17)20(23)13-16-6-9-22(26-4)21(24)14-16/h5-9,14-15,20H,1,10-13H2,2-4H3/t20-,23+/m0/s1. The van der Waals surface area contributed by atoms with Gasteiger partial charge in [0.15, 0.2) is 0 Å². The Morgan fingerprint density at radius 1 is 1.19 bits per heavy atom. The van der Waals surface area contributed by atoms with Crippen LogP contribution in [0.2, 0.25) is 0 Å². The summed E-state index contributed by atoms with van der Waals surface area (Å²) in [5.41, 5.74) is 3.72. The van der Waals surface area contributed by atoms with Crippen molar-refractivity contribution in [1.29, 1.82) is 0 Å². The Hall–Kier alpha value is -2.46. The zero-order valence-corrected chi connectivity index (χ0v) is 15.8. The van der Waals surface area contributed by atoms with Gasteiger partial charge in [0.1, 0.15) is 17.5 Å². The van der Waals surface area contributed by atoms with Crippen LogP contribution in [0.1, 0.15) is 22.7 Å². The summed E-state index contributed by atoms with van der Waals surface area (Å²) in [6.07, 6.45) is 3.82. The molecule has 0 saturated heterocycles. The van der Waals surface area contributed by atoms with Gasteiger partial charge in [-0.1, -0.05) is 24.5 Å². The van der Waals surface area contributed by atoms with Crippen molar-refractivity contribution in [3.05, 3.63) is 65.7 Å². The van der Waals surface area contributed by atoms with E-state index in [9.17, 15) is 5.11 Å². The van der Waals surface area contributed by atoms with Crippen molar-refractivity contribution in [1.82, 2.24) is 0 Å². The van der Waals surface area contributed by atoms with Crippen LogP contribution >= 0.6 is 0 Å². The van der Waals surface area contributed by atoms with Gasteiger partial charge in [0.25, 0.3) is 0 Å². The predicted molar refractivity (Wildman–Crippen MR) is 102 cm³/mol. The number of nitrogens with zero attached hydrogens (tertiary/aromatic N) is 1. The van der Waals surface area contributed by atoms with Crippen molar-refractivity contribution in [2.45, 2.75) is 18.9 Å². The highest BCUT2D eigenvalue weighted by atomic mass is 16.5. The number of hydrogen-bond donors (Lipinski definition) is 0. The van der Waals surface area contributed by atoms with Gasteiger partial charge in [-0.05, 0) is 41.5 Å². The molecule has 1 aliphatic heterocycles. The number of benzene rings is 2. The Kier molecular flexibility index (Phi) is 5.23. The smallest absolute Gasteiger partial charge is 0.119 e. The van der Waals surface area contributed by atoms with Gasteiger partial charge in [0.05, 0.1) is 34.4 Å². The van der Waals surface area contributed by atoms with Crippen LogP contribution in [-0.4, -0.2) is 38.8 Å². The second kappa shape index (κ2) is 7.42. The first-order valence-corrected chi connectivity index (χ1v) is 8.96. The summed E-state index contributed by atoms with van der Waals surface area (Å²) in [6, 6.07) is 12.1. The maximum atomic E-state index is 12.2. The molecule has 2 aromatic rings. The van der Waals surface area contributed by atoms with Gasteiger partial charge in [-0.25, -0.2) is 0 Å². The van der Waals surface area contributed by atoms with Crippen LogP contribution in [0.5, 0.6) is 17.2 Å². The molecule has 26 heavy (non-hydrogen) atoms. The van der Waals surface area contributed by atoms with Crippen LogP contribution in [0.15, 0.2) is 49.1 Å². The highest BCUT2D eigenvalue weighted by Crippen LogP contribution is 2.39. The van der Waals surface area contributed by atoms with Crippen LogP contribution in [0.4, 0.5) is 0 Å². The van der Waals surface area contributed by atoms with Crippen LogP contribution in [0.25, 0.3) is 0 Å². The van der Waals surface area contributed by atoms with E-state index < -0.39 is 0 Å². The molecule has 0 aliphatic carbocycles. The molecule has 0 fully saturated rings. The van der Waals surface area contributed by atoms with E-state index in [0.717, 1.165) is 41.7 Å². The Morgan fingerprint density at radius 3 is 2.65 bits per heavy atom. The van der Waals surface area contributed by atoms with Gasteiger partial charge >= 0.3 is 0 Å². The van der Waals surface area contributed by atoms with Crippen molar-refractivity contribution < 1.29 is 19.1 Å². The third kappa shape index (κ3) is 3.42. The molecule has 0 aromatic heterocycles. The summed E-state index contributed by atoms with van der Waals surface area (Å²) in [5, 5.41) is 12.2. The molecule has 1 heterocycles. The molecule has 1 aliphatic rings. The van der Waals surface area contributed by atoms with E-state index in [1.807, 2.05) is 18.2 Å². The number of likely N-dealkylation sites (N-methyl/N-ethyl adjacent to an activating group) is 1. The molecule has 0 radical (unpaired) electrons. The van der Waals surface area contributed by atoms with E-state index in [1.54, 1.807) is 19.2 Å². The zero-order chi connectivity index (χ0) is 18.7. The summed E-state index contributed by atoms with van der Waals surface area (Å²) >= 11 is 0. The molecular weight excluding hydrogens is 326 g/mol. The van der Waals surface area contributed by atoms with Gasteiger partial charge in [-0.15, -0.1) is 0 Å². The van der Waals surface area contributed by atoms with Crippen molar-refractivity contribution in [3.63, 3.8) is 0 Å². The molecule has 0 N–H and O–H groups in total. The average Bonchev–Trinajstić information content (AvgIpc) is 2.64. The molecule has 3 rings (SSSR count). The van der Waals surface area contributed by atoms with E-state index >= 15 is 0 Å². The number of fused-ring (bicyclic) bond motifs is 1. The highest BCUT2D eigenvalue weighted by Gasteiger charge is 2.38. The van der Waals surface area contributed by atoms with Crippen LogP contribution in [0.3, 0.4) is 0 Å². The van der Waals surface area contributed by atoms with Crippen molar-refractivity contribution in [2.24, 2.45) is 0 Å². The molecule has 2 atom stereocenters. The van der Waals surface area contributed by atoms with Crippen molar-refractivity contribution >= 4 is 0 Å². The van der Waals surface area contributed by atoms with E-state index in [0.29, 0.717) is 5.75 Å². The Morgan fingerprint density at radius 2 is 2.00 bits per heavy atom. The summed E-state index contributed by atoms with van der Waals surface area (Å²) in [5.74, 6) is 1.23. The fourth-order valence-corrected chi connectivity index (χ4v) is 4.03. The van der Waals surface area contributed by atoms with Gasteiger partial charge in [-0.3, -0.25) is 0 Å². The third-order valence-electron chi connectivity index (χ3n) is 5.56. The fraction of sp³-hybridized carbons (Fsp3) is 0.364. The Labute approximate surface area is 155 Å². The number of hydrogen-bond acceptors (Lipinski definition) is 3. The number of methoxy groups -OCH3 is 2. The molecule has 0 amide bonds. The fourth-order valence-electron chi connectivity index (χ4n) is 4.03. The van der Waals surface area contributed by atoms with Gasteiger partial charge in [0, 0.05) is 18.4 Å². The SMILES string of the molecule is C=CC[N@+]1(C)CCc2cc(OC)ccc2[C@@H]1Cc1ccc(OC)c([O-])c1. The minimum absolute atomic E-state index is 0.0614. The van der Waals surface area contributed by atoms with E-state index in [-0.39, 0.29) is 11.8 Å². The number of quaternary nitrogens is 1. The quantitative estimate of drug-likeness (QED) is 0.591. The lowest BCUT2D eigenvalue weighted by atomic mass is 9.86. The topological polar surface area (TPSA) is 41.5 Å². The van der Waals surface area contributed by atoms with Gasteiger partial charge in [0.2, 0.25) is 0 Å². The van der Waals surface area contributed by atoms with E-state index in [2.05, 4.69) is 25.8 Å². The normalized spacial score (nSPS) is 21.7. The first kappa shape index (κ1) is 18.3. The second-order valence-electron chi connectivity index (χ2n) is 7.19. The summed E-state index contributed by atoms with van der Waals surface area (Å²) in [7, 11) is 5.51. The van der Waals surface area contributed by atoms with Crippen LogP contribution in [0, 0.1) is 0 Å². The molecule has 0 saturated carbocycles. The minimum Gasteiger partial charge on any atom is -0.870 e. The van der Waals surface area contributed by atoms with Crippen molar-refractivity contribution in [3.8, 4) is 17.2 Å². The summed E-state index contributed by atoms with van der Waals surface area (Å²) < 4.78 is 11.4. The largest absolute Gasteiger partial charge is 0.870 e. The predicted octanol–water partition coefficient (Wildman–Crippen LogP) is 3.25. The Bertz CT molecular complexity index is 802. The number of rotatable bonds is 6. The molecular formula is C22H27NO3. The first-order chi connectivity index (χ1) is 12.5. The first-order valence-electron chi connectivity index (χ1n) is 8.96. The summed E-state index contributed by atoms with van der Waals surface area (Å²) in [6.45, 7) is 5.90. The maximum Gasteiger partial charge on any atom is 0.119 e. The second-order valence-corrected chi connectivity index (χ2v) is 7.19.